The molecule has 3 nitrogen and oxygen atoms in total. The first-order valence-electron chi connectivity index (χ1n) is 6.33. The Morgan fingerprint density at radius 1 is 1.00 bits per heavy atom. The summed E-state index contributed by atoms with van der Waals surface area (Å²) in [6.07, 6.45) is -4.83. The molecule has 8 heteroatoms. The molecular formula is C15H11F5O3. The number of halogens is 5. The Bertz CT molecular complexity index is 670. The lowest BCUT2D eigenvalue weighted by Gasteiger charge is -2.13. The summed E-state index contributed by atoms with van der Waals surface area (Å²) in [5.74, 6) is -0.681. The van der Waals surface area contributed by atoms with Crippen molar-refractivity contribution in [3.05, 3.63) is 48.0 Å². The molecule has 0 saturated heterocycles. The largest absolute Gasteiger partial charge is 0.573 e. The number of alkyl halides is 5. The van der Waals surface area contributed by atoms with Gasteiger partial charge in [0.2, 0.25) is 0 Å². The summed E-state index contributed by atoms with van der Waals surface area (Å²) in [5, 5.41) is 9.09. The second kappa shape index (κ2) is 6.82. The van der Waals surface area contributed by atoms with Crippen molar-refractivity contribution in [3.8, 4) is 22.6 Å². The molecular weight excluding hydrogens is 323 g/mol. The highest BCUT2D eigenvalue weighted by Crippen LogP contribution is 2.31. The quantitative estimate of drug-likeness (QED) is 0.827. The Morgan fingerprint density at radius 3 is 2.30 bits per heavy atom. The summed E-state index contributed by atoms with van der Waals surface area (Å²) in [7, 11) is 0. The standard InChI is InChI=1S/C15H11F5O3/c16-14(17)22-13-7-10(4-5-11(13)8-21)9-2-1-3-12(6-9)23-15(18,19)20/h1-7,14,21H,8H2. The summed E-state index contributed by atoms with van der Waals surface area (Å²) in [6.45, 7) is -3.60. The molecule has 0 radical (unpaired) electrons. The Hall–Kier alpha value is -2.35. The van der Waals surface area contributed by atoms with Crippen molar-refractivity contribution in [1.29, 1.82) is 0 Å². The lowest BCUT2D eigenvalue weighted by atomic mass is 10.0. The summed E-state index contributed by atoms with van der Waals surface area (Å²) in [5.41, 5.74) is 0.789. The van der Waals surface area contributed by atoms with Crippen LogP contribution in [0.4, 0.5) is 22.0 Å². The van der Waals surface area contributed by atoms with Gasteiger partial charge in [-0.15, -0.1) is 13.2 Å². The molecule has 2 aromatic rings. The van der Waals surface area contributed by atoms with Gasteiger partial charge < -0.3 is 14.6 Å². The van der Waals surface area contributed by atoms with Crippen LogP contribution in [-0.4, -0.2) is 18.1 Å². The molecule has 0 bridgehead atoms. The first-order valence-corrected chi connectivity index (χ1v) is 6.33. The molecule has 0 saturated carbocycles. The van der Waals surface area contributed by atoms with Gasteiger partial charge in [-0.1, -0.05) is 24.3 Å². The second-order valence-electron chi connectivity index (χ2n) is 4.43. The maximum absolute atomic E-state index is 12.4. The maximum atomic E-state index is 12.4. The lowest BCUT2D eigenvalue weighted by molar-refractivity contribution is -0.274. The second-order valence-corrected chi connectivity index (χ2v) is 4.43. The van der Waals surface area contributed by atoms with Crippen molar-refractivity contribution in [2.75, 3.05) is 0 Å². The molecule has 2 aromatic carbocycles. The van der Waals surface area contributed by atoms with Crippen molar-refractivity contribution in [2.24, 2.45) is 0 Å². The predicted octanol–water partition coefficient (Wildman–Crippen LogP) is 4.35. The van der Waals surface area contributed by atoms with Crippen LogP contribution >= 0.6 is 0 Å². The molecule has 1 N–H and O–H groups in total. The van der Waals surface area contributed by atoms with E-state index < -0.39 is 25.3 Å². The van der Waals surface area contributed by atoms with E-state index in [1.54, 1.807) is 0 Å². The topological polar surface area (TPSA) is 38.7 Å². The zero-order chi connectivity index (χ0) is 17.0. The van der Waals surface area contributed by atoms with E-state index in [4.69, 9.17) is 5.11 Å². The molecule has 0 heterocycles. The number of ether oxygens (including phenoxy) is 2. The third-order valence-electron chi connectivity index (χ3n) is 2.85. The van der Waals surface area contributed by atoms with Crippen molar-refractivity contribution < 1.29 is 36.5 Å². The molecule has 0 aliphatic rings. The van der Waals surface area contributed by atoms with E-state index in [1.807, 2.05) is 0 Å². The number of rotatable bonds is 5. The van der Waals surface area contributed by atoms with E-state index in [0.29, 0.717) is 11.1 Å². The van der Waals surface area contributed by atoms with Crippen molar-refractivity contribution in [3.63, 3.8) is 0 Å². The minimum atomic E-state index is -4.83. The molecule has 0 aromatic heterocycles. The van der Waals surface area contributed by atoms with Crippen LogP contribution < -0.4 is 9.47 Å². The van der Waals surface area contributed by atoms with Crippen molar-refractivity contribution >= 4 is 0 Å². The van der Waals surface area contributed by atoms with E-state index in [2.05, 4.69) is 9.47 Å². The highest BCUT2D eigenvalue weighted by atomic mass is 19.4. The third-order valence-corrected chi connectivity index (χ3v) is 2.85. The Morgan fingerprint density at radius 2 is 1.70 bits per heavy atom. The van der Waals surface area contributed by atoms with Crippen LogP contribution in [0.2, 0.25) is 0 Å². The van der Waals surface area contributed by atoms with E-state index in [1.165, 1.54) is 30.3 Å². The van der Waals surface area contributed by atoms with Gasteiger partial charge in [0, 0.05) is 5.56 Å². The van der Waals surface area contributed by atoms with E-state index in [-0.39, 0.29) is 11.3 Å². The molecule has 0 fully saturated rings. The summed E-state index contributed by atoms with van der Waals surface area (Å²) >= 11 is 0. The normalized spacial score (nSPS) is 11.6. The molecule has 2 rings (SSSR count). The summed E-state index contributed by atoms with van der Waals surface area (Å²) in [6, 6.07) is 9.10. The van der Waals surface area contributed by atoms with Gasteiger partial charge in [0.1, 0.15) is 11.5 Å². The smallest absolute Gasteiger partial charge is 0.434 e. The van der Waals surface area contributed by atoms with Gasteiger partial charge in [0.05, 0.1) is 6.61 Å². The molecule has 0 aliphatic carbocycles. The molecule has 0 aliphatic heterocycles. The van der Waals surface area contributed by atoms with Gasteiger partial charge in [-0.05, 0) is 29.3 Å². The van der Waals surface area contributed by atoms with Crippen LogP contribution in [0, 0.1) is 0 Å². The molecule has 0 spiro atoms. The Labute approximate surface area is 127 Å². The van der Waals surface area contributed by atoms with Crippen molar-refractivity contribution in [2.45, 2.75) is 19.6 Å². The van der Waals surface area contributed by atoms with Gasteiger partial charge in [-0.3, -0.25) is 0 Å². The van der Waals surface area contributed by atoms with Crippen LogP contribution in [0.3, 0.4) is 0 Å². The van der Waals surface area contributed by atoms with Gasteiger partial charge in [0.25, 0.3) is 0 Å². The number of benzene rings is 2. The summed E-state index contributed by atoms with van der Waals surface area (Å²) in [4.78, 5) is 0. The number of aliphatic hydroxyl groups excluding tert-OH is 1. The molecule has 0 amide bonds. The van der Waals surface area contributed by atoms with E-state index >= 15 is 0 Å². The number of aliphatic hydroxyl groups is 1. The fourth-order valence-electron chi connectivity index (χ4n) is 1.94. The SMILES string of the molecule is OCc1ccc(-c2cccc(OC(F)(F)F)c2)cc1OC(F)F. The molecule has 0 unspecified atom stereocenters. The molecule has 124 valence electrons. The highest BCUT2D eigenvalue weighted by molar-refractivity contribution is 5.67. The zero-order valence-electron chi connectivity index (χ0n) is 11.5. The maximum Gasteiger partial charge on any atom is 0.573 e. The van der Waals surface area contributed by atoms with Crippen LogP contribution in [-0.2, 0) is 6.61 Å². The van der Waals surface area contributed by atoms with Crippen LogP contribution in [0.15, 0.2) is 42.5 Å². The van der Waals surface area contributed by atoms with Gasteiger partial charge in [-0.2, -0.15) is 8.78 Å². The van der Waals surface area contributed by atoms with Gasteiger partial charge in [-0.25, -0.2) is 0 Å². The average molecular weight is 334 g/mol. The summed E-state index contributed by atoms with van der Waals surface area (Å²) < 4.78 is 69.5. The monoisotopic (exact) mass is 334 g/mol. The van der Waals surface area contributed by atoms with Crippen LogP contribution in [0.25, 0.3) is 11.1 Å². The van der Waals surface area contributed by atoms with Gasteiger partial charge in [0.15, 0.2) is 0 Å². The average Bonchev–Trinajstić information content (AvgIpc) is 2.45. The first kappa shape index (κ1) is 17.0. The first-order chi connectivity index (χ1) is 10.8. The molecule has 0 atom stereocenters. The fourth-order valence-corrected chi connectivity index (χ4v) is 1.94. The van der Waals surface area contributed by atoms with Gasteiger partial charge >= 0.3 is 13.0 Å². The van der Waals surface area contributed by atoms with E-state index in [9.17, 15) is 22.0 Å². The fraction of sp³-hybridized carbons (Fsp3) is 0.200. The minimum Gasteiger partial charge on any atom is -0.434 e. The number of hydrogen-bond acceptors (Lipinski definition) is 3. The van der Waals surface area contributed by atoms with Crippen LogP contribution in [0.5, 0.6) is 11.5 Å². The molecule has 23 heavy (non-hydrogen) atoms. The van der Waals surface area contributed by atoms with E-state index in [0.717, 1.165) is 12.1 Å². The van der Waals surface area contributed by atoms with Crippen molar-refractivity contribution in [1.82, 2.24) is 0 Å². The Balaban J connectivity index is 2.36. The minimum absolute atomic E-state index is 0.136. The third kappa shape index (κ3) is 4.82. The predicted molar refractivity (Wildman–Crippen MR) is 71.1 cm³/mol. The zero-order valence-corrected chi connectivity index (χ0v) is 11.5. The highest BCUT2D eigenvalue weighted by Gasteiger charge is 2.31. The lowest BCUT2D eigenvalue weighted by Crippen LogP contribution is -2.17. The van der Waals surface area contributed by atoms with Crippen LogP contribution in [0.1, 0.15) is 5.56 Å². The Kier molecular flexibility index (Phi) is 5.05. The number of hydrogen-bond donors (Lipinski definition) is 1.